The third-order valence-electron chi connectivity index (χ3n) is 11.6. The smallest absolute Gasteiger partial charge is 0.416 e. The lowest BCUT2D eigenvalue weighted by atomic mass is 9.93. The molecule has 2 aromatic carbocycles. The number of aromatic nitrogens is 5. The van der Waals surface area contributed by atoms with Crippen LogP contribution in [0.2, 0.25) is 0 Å². The van der Waals surface area contributed by atoms with Gasteiger partial charge in [0.2, 0.25) is 11.9 Å². The van der Waals surface area contributed by atoms with Crippen LogP contribution in [0.4, 0.5) is 30.5 Å². The number of hydrogen-bond donors (Lipinski definition) is 4. The van der Waals surface area contributed by atoms with Crippen LogP contribution in [0.3, 0.4) is 0 Å². The van der Waals surface area contributed by atoms with Gasteiger partial charge < -0.3 is 58.8 Å². The number of allylic oxidation sites excluding steroid dienone is 2. The largest absolute Gasteiger partial charge is 0.490 e. The van der Waals surface area contributed by atoms with Crippen molar-refractivity contribution in [3.63, 3.8) is 0 Å². The number of amides is 1. The van der Waals surface area contributed by atoms with Crippen LogP contribution in [0.1, 0.15) is 41.5 Å². The third kappa shape index (κ3) is 16.0. The van der Waals surface area contributed by atoms with E-state index in [1.807, 2.05) is 13.0 Å². The molecular weight excluding hydrogens is 914 g/mol. The number of aliphatic hydroxyl groups is 1. The van der Waals surface area contributed by atoms with Crippen molar-refractivity contribution in [1.29, 1.82) is 0 Å². The Labute approximate surface area is 405 Å². The molecule has 4 atom stereocenters. The zero-order chi connectivity index (χ0) is 49.1. The van der Waals surface area contributed by atoms with Crippen molar-refractivity contribution in [1.82, 2.24) is 29.8 Å². The molecule has 7 rings (SSSR count). The number of aryl methyl sites for hydroxylation is 2. The number of anilines is 3. The van der Waals surface area contributed by atoms with Gasteiger partial charge in [-0.3, -0.25) is 9.78 Å². The molecule has 3 heterocycles. The van der Waals surface area contributed by atoms with Gasteiger partial charge in [0.1, 0.15) is 12.4 Å². The normalized spacial score (nSPS) is 16.7. The number of ether oxygens (including phenoxy) is 7. The summed E-state index contributed by atoms with van der Waals surface area (Å²) in [5, 5.41) is 20.1. The quantitative estimate of drug-likeness (QED) is 0.0208. The second-order valence-electron chi connectivity index (χ2n) is 16.8. The second-order valence-corrected chi connectivity index (χ2v) is 16.8. The number of hydrogen-bond acceptors (Lipinski definition) is 15. The van der Waals surface area contributed by atoms with E-state index in [-0.39, 0.29) is 29.1 Å². The first-order valence-corrected chi connectivity index (χ1v) is 23.4. The highest BCUT2D eigenvalue weighted by Crippen LogP contribution is 2.43. The lowest BCUT2D eigenvalue weighted by Crippen LogP contribution is -2.35. The monoisotopic (exact) mass is 974 g/mol. The van der Waals surface area contributed by atoms with Gasteiger partial charge in [-0.25, -0.2) is 15.0 Å². The highest BCUT2D eigenvalue weighted by atomic mass is 19.4. The summed E-state index contributed by atoms with van der Waals surface area (Å²) >= 11 is 0. The molecule has 4 N–H and O–H groups in total. The minimum Gasteiger partial charge on any atom is -0.490 e. The summed E-state index contributed by atoms with van der Waals surface area (Å²) in [7, 11) is 0. The van der Waals surface area contributed by atoms with Crippen molar-refractivity contribution in [2.45, 2.75) is 39.1 Å². The Hall–Kier alpha value is -6.00. The number of rotatable bonds is 30. The maximum Gasteiger partial charge on any atom is 0.416 e. The average molecular weight is 975 g/mol. The van der Waals surface area contributed by atoms with Crippen LogP contribution in [-0.2, 0) is 39.4 Å². The molecule has 0 saturated heterocycles. The third-order valence-corrected chi connectivity index (χ3v) is 11.6. The SMILES string of the molecule is Cc1cn(-c2cc(NC(O)c3ccc(C)c(Nc4nccc(-c5cncc(OCCOCCOCCOCCOCCOCCOCCNC(=O)[C@H]6C[C@H]7C=C[C@@H]6C7)c5)n4)c3)cc(C(F)(F)F)c2)cn1. The number of aliphatic hydroxyl groups excluding tert-OH is 1. The van der Waals surface area contributed by atoms with E-state index in [1.165, 1.54) is 17.0 Å². The molecule has 70 heavy (non-hydrogen) atoms. The Morgan fingerprint density at radius 2 is 1.49 bits per heavy atom. The molecule has 0 radical (unpaired) electrons. The summed E-state index contributed by atoms with van der Waals surface area (Å²) < 4.78 is 82.3. The molecule has 1 saturated carbocycles. The van der Waals surface area contributed by atoms with Gasteiger partial charge in [0.05, 0.1) is 109 Å². The Morgan fingerprint density at radius 3 is 2.11 bits per heavy atom. The zero-order valence-corrected chi connectivity index (χ0v) is 39.4. The highest BCUT2D eigenvalue weighted by Gasteiger charge is 2.39. The van der Waals surface area contributed by atoms with Crippen LogP contribution in [-0.4, -0.2) is 128 Å². The molecule has 5 aromatic rings. The van der Waals surface area contributed by atoms with Crippen molar-refractivity contribution in [3.05, 3.63) is 114 Å². The van der Waals surface area contributed by atoms with Gasteiger partial charge in [0, 0.05) is 59.2 Å². The Bertz CT molecular complexity index is 2460. The zero-order valence-electron chi connectivity index (χ0n) is 39.4. The van der Waals surface area contributed by atoms with E-state index in [0.717, 1.165) is 30.5 Å². The van der Waals surface area contributed by atoms with Crippen LogP contribution in [0.5, 0.6) is 5.75 Å². The number of fused-ring (bicyclic) bond motifs is 2. The molecule has 1 fully saturated rings. The first-order chi connectivity index (χ1) is 34.0. The number of pyridine rings is 1. The molecule has 1 amide bonds. The molecule has 1 unspecified atom stereocenters. The van der Waals surface area contributed by atoms with E-state index >= 15 is 0 Å². The standard InChI is InChI=1S/C50H61F3N8O9/c1-34-3-5-38(47(62)58-41-27-40(50(51,52)53)28-42(29-41)61-32-35(2)57-33-61)26-46(34)60-49-56-8-7-45(59-49)39-25-43(31-54-30-39)70-22-21-69-20-19-68-18-17-67-16-15-66-14-13-65-12-11-64-10-9-55-48(63)44-24-36-4-6-37(44)23-36/h3-8,25-33,36-37,44,47,58,62H,9-24H2,1-2H3,(H,55,63)(H,56,59,60)/t36-,37+,44-,47?/m0/s1. The molecule has 20 heteroatoms. The van der Waals surface area contributed by atoms with Gasteiger partial charge in [-0.15, -0.1) is 0 Å². The number of nitrogens with zero attached hydrogens (tertiary/aromatic N) is 5. The van der Waals surface area contributed by atoms with Gasteiger partial charge >= 0.3 is 6.18 Å². The molecule has 17 nitrogen and oxygen atoms in total. The summed E-state index contributed by atoms with van der Waals surface area (Å²) in [5.41, 5.74) is 3.14. The van der Waals surface area contributed by atoms with E-state index < -0.39 is 18.0 Å². The van der Waals surface area contributed by atoms with E-state index in [4.69, 9.17) is 33.2 Å². The predicted octanol–water partition coefficient (Wildman–Crippen LogP) is 7.01. The van der Waals surface area contributed by atoms with Crippen molar-refractivity contribution < 1.29 is 56.2 Å². The Kier molecular flexibility index (Phi) is 19.5. The van der Waals surface area contributed by atoms with Gasteiger partial charge in [-0.2, -0.15) is 13.2 Å². The predicted molar refractivity (Wildman–Crippen MR) is 254 cm³/mol. The maximum atomic E-state index is 13.8. The van der Waals surface area contributed by atoms with E-state index in [0.29, 0.717) is 138 Å². The Morgan fingerprint density at radius 1 is 0.800 bits per heavy atom. The number of carbonyl (C=O) groups is 1. The van der Waals surface area contributed by atoms with Crippen molar-refractivity contribution in [3.8, 4) is 22.7 Å². The molecule has 2 aliphatic rings. The van der Waals surface area contributed by atoms with Gasteiger partial charge in [-0.05, 0) is 80.5 Å². The number of halogens is 3. The first-order valence-electron chi connectivity index (χ1n) is 23.4. The fraction of sp³-hybridized carbons (Fsp3) is 0.460. The molecule has 376 valence electrons. The molecule has 0 aliphatic heterocycles. The molecule has 2 aliphatic carbocycles. The molecule has 0 spiro atoms. The molecule has 3 aromatic heterocycles. The lowest BCUT2D eigenvalue weighted by Gasteiger charge is -2.19. The fourth-order valence-electron chi connectivity index (χ4n) is 7.97. The minimum absolute atomic E-state index is 0.0706. The molecule has 2 bridgehead atoms. The van der Waals surface area contributed by atoms with E-state index in [2.05, 4.69) is 48.0 Å². The maximum absolute atomic E-state index is 13.8. The topological polar surface area (TPSA) is 194 Å². The highest BCUT2D eigenvalue weighted by molar-refractivity contribution is 5.80. The number of carbonyl (C=O) groups excluding carboxylic acids is 1. The van der Waals surface area contributed by atoms with Gasteiger partial charge in [0.15, 0.2) is 6.23 Å². The summed E-state index contributed by atoms with van der Waals surface area (Å²) in [6.45, 7) is 9.62. The number of benzene rings is 2. The second kappa shape index (κ2) is 26.3. The summed E-state index contributed by atoms with van der Waals surface area (Å²) in [6.07, 6.45) is 8.44. The summed E-state index contributed by atoms with van der Waals surface area (Å²) in [5.74, 6) is 2.05. The lowest BCUT2D eigenvalue weighted by molar-refractivity contribution is -0.137. The number of imidazole rings is 1. The van der Waals surface area contributed by atoms with E-state index in [9.17, 15) is 23.1 Å². The average Bonchev–Trinajstić information content (AvgIpc) is 4.12. The fourth-order valence-corrected chi connectivity index (χ4v) is 7.97. The van der Waals surface area contributed by atoms with Crippen molar-refractivity contribution >= 4 is 23.2 Å². The van der Waals surface area contributed by atoms with Crippen molar-refractivity contribution in [2.75, 3.05) is 103 Å². The van der Waals surface area contributed by atoms with Crippen LogP contribution in [0.25, 0.3) is 16.9 Å². The van der Waals surface area contributed by atoms with Crippen LogP contribution in [0.15, 0.2) is 91.8 Å². The van der Waals surface area contributed by atoms with Crippen LogP contribution >= 0.6 is 0 Å². The number of alkyl halides is 3. The molecular formula is C50H61F3N8O9. The first kappa shape index (κ1) is 51.8. The van der Waals surface area contributed by atoms with Crippen LogP contribution in [0, 0.1) is 31.6 Å². The minimum atomic E-state index is -4.61. The summed E-state index contributed by atoms with van der Waals surface area (Å²) in [4.78, 5) is 29.8. The van der Waals surface area contributed by atoms with Gasteiger partial charge in [-0.1, -0.05) is 24.3 Å². The summed E-state index contributed by atoms with van der Waals surface area (Å²) in [6, 6.07) is 12.2. The van der Waals surface area contributed by atoms with Crippen molar-refractivity contribution in [2.24, 2.45) is 17.8 Å². The van der Waals surface area contributed by atoms with Crippen LogP contribution < -0.4 is 20.7 Å². The van der Waals surface area contributed by atoms with Gasteiger partial charge in [0.25, 0.3) is 0 Å². The Balaban J connectivity index is 0.721. The number of nitrogens with one attached hydrogen (secondary N) is 3. The van der Waals surface area contributed by atoms with E-state index in [1.54, 1.807) is 56.0 Å².